The maximum absolute atomic E-state index is 10.7. The molecule has 0 fully saturated rings. The summed E-state index contributed by atoms with van der Waals surface area (Å²) in [5, 5.41) is 28.4. The molecule has 0 spiro atoms. The Hall–Kier alpha value is -2.60. The third-order valence-corrected chi connectivity index (χ3v) is 3.99. The predicted molar refractivity (Wildman–Crippen MR) is 90.9 cm³/mol. The molecular formula is C17H16ClN3O3. The Kier molecular flexibility index (Phi) is 4.40. The molecule has 1 heterocycles. The molecule has 0 bridgehead atoms. The average molecular weight is 346 g/mol. The highest BCUT2D eigenvalue weighted by molar-refractivity contribution is 6.31. The van der Waals surface area contributed by atoms with Gasteiger partial charge < -0.3 is 10.2 Å². The molecule has 2 aromatic carbocycles. The summed E-state index contributed by atoms with van der Waals surface area (Å²) in [4.78, 5) is 12.0. The van der Waals surface area contributed by atoms with Crippen LogP contribution < -0.4 is 0 Å². The van der Waals surface area contributed by atoms with Crippen LogP contribution in [0.25, 0.3) is 16.7 Å². The molecule has 0 aliphatic heterocycles. The van der Waals surface area contributed by atoms with Crippen LogP contribution in [-0.2, 0) is 11.2 Å². The number of hydrogen-bond donors (Lipinski definition) is 2. The standard InChI is InChI=1S/C17H16ClN3O3/c1-10-7-11(3-2-4-16(22)23)8-15(17(10)24)21-19-13-6-5-12(18)9-14(13)20-21/h5-9,24H,2-4H2,1H3,(H,22,23). The summed E-state index contributed by atoms with van der Waals surface area (Å²) >= 11 is 5.96. The Morgan fingerprint density at radius 3 is 2.71 bits per heavy atom. The number of hydrogen-bond acceptors (Lipinski definition) is 4. The van der Waals surface area contributed by atoms with E-state index in [1.54, 1.807) is 31.2 Å². The minimum absolute atomic E-state index is 0.100. The van der Waals surface area contributed by atoms with Gasteiger partial charge in [0.25, 0.3) is 0 Å². The fraction of sp³-hybridized carbons (Fsp3) is 0.235. The van der Waals surface area contributed by atoms with E-state index in [-0.39, 0.29) is 12.2 Å². The largest absolute Gasteiger partial charge is 0.505 e. The van der Waals surface area contributed by atoms with E-state index in [0.717, 1.165) is 5.56 Å². The zero-order chi connectivity index (χ0) is 17.3. The second-order valence-electron chi connectivity index (χ2n) is 5.65. The van der Waals surface area contributed by atoms with Crippen LogP contribution in [0.1, 0.15) is 24.0 Å². The fourth-order valence-corrected chi connectivity index (χ4v) is 2.74. The SMILES string of the molecule is Cc1cc(CCCC(=O)O)cc(-n2nc3ccc(Cl)cc3n2)c1O. The van der Waals surface area contributed by atoms with Crippen LogP contribution in [0.4, 0.5) is 0 Å². The number of phenolic OH excluding ortho intramolecular Hbond substituents is 1. The molecule has 3 aromatic rings. The van der Waals surface area contributed by atoms with E-state index in [9.17, 15) is 9.90 Å². The van der Waals surface area contributed by atoms with E-state index in [4.69, 9.17) is 16.7 Å². The monoisotopic (exact) mass is 345 g/mol. The molecule has 0 saturated carbocycles. The summed E-state index contributed by atoms with van der Waals surface area (Å²) in [6.45, 7) is 1.79. The van der Waals surface area contributed by atoms with Crippen molar-refractivity contribution in [1.29, 1.82) is 0 Å². The Morgan fingerprint density at radius 2 is 1.96 bits per heavy atom. The van der Waals surface area contributed by atoms with Gasteiger partial charge in [-0.05, 0) is 55.2 Å². The average Bonchev–Trinajstić information content (AvgIpc) is 2.93. The minimum Gasteiger partial charge on any atom is -0.505 e. The Bertz CT molecular complexity index is 921. The molecule has 7 heteroatoms. The lowest BCUT2D eigenvalue weighted by Crippen LogP contribution is -2.02. The van der Waals surface area contributed by atoms with Crippen LogP contribution in [0.15, 0.2) is 30.3 Å². The third kappa shape index (κ3) is 3.33. The van der Waals surface area contributed by atoms with Crippen LogP contribution in [0.2, 0.25) is 5.02 Å². The first-order valence-corrected chi connectivity index (χ1v) is 7.89. The second-order valence-corrected chi connectivity index (χ2v) is 6.09. The smallest absolute Gasteiger partial charge is 0.303 e. The Morgan fingerprint density at radius 1 is 1.21 bits per heavy atom. The van der Waals surface area contributed by atoms with Crippen LogP contribution in [0.5, 0.6) is 5.75 Å². The number of fused-ring (bicyclic) bond motifs is 1. The van der Waals surface area contributed by atoms with E-state index >= 15 is 0 Å². The van der Waals surface area contributed by atoms with Crippen molar-refractivity contribution in [2.45, 2.75) is 26.2 Å². The van der Waals surface area contributed by atoms with Crippen molar-refractivity contribution in [3.8, 4) is 11.4 Å². The Balaban J connectivity index is 1.98. The van der Waals surface area contributed by atoms with Crippen molar-refractivity contribution in [2.75, 3.05) is 0 Å². The molecule has 0 aliphatic rings. The summed E-state index contributed by atoms with van der Waals surface area (Å²) in [5.74, 6) is -0.717. The van der Waals surface area contributed by atoms with E-state index in [0.29, 0.717) is 40.1 Å². The van der Waals surface area contributed by atoms with Gasteiger partial charge in [0, 0.05) is 11.4 Å². The molecule has 3 rings (SSSR count). The number of halogens is 1. The van der Waals surface area contributed by atoms with Crippen LogP contribution in [0.3, 0.4) is 0 Å². The van der Waals surface area contributed by atoms with Crippen LogP contribution >= 0.6 is 11.6 Å². The maximum atomic E-state index is 10.7. The highest BCUT2D eigenvalue weighted by Crippen LogP contribution is 2.28. The molecule has 2 N–H and O–H groups in total. The molecular weight excluding hydrogens is 330 g/mol. The molecule has 1 aromatic heterocycles. The third-order valence-electron chi connectivity index (χ3n) is 3.75. The molecule has 0 saturated heterocycles. The van der Waals surface area contributed by atoms with Gasteiger partial charge in [-0.15, -0.1) is 15.0 Å². The molecule has 0 radical (unpaired) electrons. The number of carboxylic acid groups (broad SMARTS) is 1. The number of phenols is 1. The minimum atomic E-state index is -0.817. The highest BCUT2D eigenvalue weighted by Gasteiger charge is 2.13. The molecule has 6 nitrogen and oxygen atoms in total. The van der Waals surface area contributed by atoms with Crippen LogP contribution in [-0.4, -0.2) is 31.2 Å². The van der Waals surface area contributed by atoms with Gasteiger partial charge >= 0.3 is 5.97 Å². The van der Waals surface area contributed by atoms with Gasteiger partial charge in [-0.2, -0.15) is 0 Å². The first kappa shape index (κ1) is 16.3. The van der Waals surface area contributed by atoms with Crippen molar-refractivity contribution in [3.05, 3.63) is 46.5 Å². The normalized spacial score (nSPS) is 11.1. The molecule has 0 aliphatic carbocycles. The molecule has 0 amide bonds. The zero-order valence-electron chi connectivity index (χ0n) is 13.0. The maximum Gasteiger partial charge on any atom is 0.303 e. The van der Waals surface area contributed by atoms with Gasteiger partial charge in [-0.3, -0.25) is 4.79 Å². The van der Waals surface area contributed by atoms with Gasteiger partial charge in [-0.25, -0.2) is 0 Å². The lowest BCUT2D eigenvalue weighted by molar-refractivity contribution is -0.137. The van der Waals surface area contributed by atoms with Gasteiger partial charge in [0.05, 0.1) is 0 Å². The van der Waals surface area contributed by atoms with Gasteiger partial charge in [-0.1, -0.05) is 17.7 Å². The highest BCUT2D eigenvalue weighted by atomic mass is 35.5. The van der Waals surface area contributed by atoms with Gasteiger partial charge in [0.1, 0.15) is 22.5 Å². The number of carboxylic acids is 1. The number of aryl methyl sites for hydroxylation is 2. The number of aliphatic carboxylic acids is 1. The molecule has 124 valence electrons. The lowest BCUT2D eigenvalue weighted by atomic mass is 10.0. The zero-order valence-corrected chi connectivity index (χ0v) is 13.8. The summed E-state index contributed by atoms with van der Waals surface area (Å²) in [6.07, 6.45) is 1.24. The van der Waals surface area contributed by atoms with E-state index < -0.39 is 5.97 Å². The van der Waals surface area contributed by atoms with Crippen molar-refractivity contribution < 1.29 is 15.0 Å². The molecule has 0 atom stereocenters. The van der Waals surface area contributed by atoms with E-state index in [2.05, 4.69) is 10.2 Å². The number of aromatic nitrogens is 3. The summed E-state index contributed by atoms with van der Waals surface area (Å²) in [7, 11) is 0. The van der Waals surface area contributed by atoms with Crippen molar-refractivity contribution in [1.82, 2.24) is 15.0 Å². The number of benzene rings is 2. The van der Waals surface area contributed by atoms with E-state index in [1.807, 2.05) is 6.07 Å². The summed E-state index contributed by atoms with van der Waals surface area (Å²) < 4.78 is 0. The first-order valence-electron chi connectivity index (χ1n) is 7.51. The number of aromatic hydroxyl groups is 1. The van der Waals surface area contributed by atoms with Crippen molar-refractivity contribution in [2.24, 2.45) is 0 Å². The summed E-state index contributed by atoms with van der Waals surface area (Å²) in [5.41, 5.74) is 3.40. The predicted octanol–water partition coefficient (Wildman–Crippen LogP) is 3.50. The van der Waals surface area contributed by atoms with E-state index in [1.165, 1.54) is 4.80 Å². The van der Waals surface area contributed by atoms with Crippen molar-refractivity contribution in [3.63, 3.8) is 0 Å². The second kappa shape index (κ2) is 6.49. The van der Waals surface area contributed by atoms with Gasteiger partial charge in [0.15, 0.2) is 0 Å². The molecule has 24 heavy (non-hydrogen) atoms. The Labute approximate surface area is 143 Å². The first-order chi connectivity index (χ1) is 11.4. The lowest BCUT2D eigenvalue weighted by Gasteiger charge is -2.09. The number of nitrogens with zero attached hydrogens (tertiary/aromatic N) is 3. The summed E-state index contributed by atoms with van der Waals surface area (Å²) in [6, 6.07) is 8.84. The quantitative estimate of drug-likeness (QED) is 0.739. The topological polar surface area (TPSA) is 88.2 Å². The molecule has 0 unspecified atom stereocenters. The van der Waals surface area contributed by atoms with Gasteiger partial charge in [0.2, 0.25) is 0 Å². The number of rotatable bonds is 5. The van der Waals surface area contributed by atoms with Crippen LogP contribution in [0, 0.1) is 6.92 Å². The fourth-order valence-electron chi connectivity index (χ4n) is 2.57. The van der Waals surface area contributed by atoms with Crippen molar-refractivity contribution >= 4 is 28.6 Å². The number of carbonyl (C=O) groups is 1.